The van der Waals surface area contributed by atoms with Crippen molar-refractivity contribution in [2.45, 2.75) is 26.7 Å². The first-order chi connectivity index (χ1) is 11.6. The van der Waals surface area contributed by atoms with Crippen LogP contribution >= 0.6 is 11.6 Å². The van der Waals surface area contributed by atoms with E-state index in [0.717, 1.165) is 34.4 Å². The molecule has 0 spiro atoms. The summed E-state index contributed by atoms with van der Waals surface area (Å²) >= 11 is 5.99. The Morgan fingerprint density at radius 3 is 2.58 bits per heavy atom. The minimum Gasteiger partial charge on any atom is -0.384 e. The Balaban J connectivity index is 1.99. The van der Waals surface area contributed by atoms with Crippen molar-refractivity contribution < 1.29 is 9.26 Å². The zero-order valence-corrected chi connectivity index (χ0v) is 14.7. The maximum absolute atomic E-state index is 5.99. The molecule has 6 nitrogen and oxygen atoms in total. The lowest BCUT2D eigenvalue weighted by Crippen LogP contribution is -2.05. The van der Waals surface area contributed by atoms with E-state index in [1.807, 2.05) is 42.8 Å². The molecule has 3 aromatic rings. The summed E-state index contributed by atoms with van der Waals surface area (Å²) in [5.74, 6) is 2.38. The Labute approximate surface area is 145 Å². The van der Waals surface area contributed by atoms with Gasteiger partial charge in [0.25, 0.3) is 0 Å². The normalized spacial score (nSPS) is 11.2. The SMILES string of the molecule is COCCc1nc(Cc2c(C)noc2C)n(-c2ccc(Cl)cc2)n1. The van der Waals surface area contributed by atoms with Gasteiger partial charge in [-0.05, 0) is 38.1 Å². The molecule has 0 unspecified atom stereocenters. The third-order valence-corrected chi connectivity index (χ3v) is 4.09. The summed E-state index contributed by atoms with van der Waals surface area (Å²) in [4.78, 5) is 4.67. The zero-order valence-electron chi connectivity index (χ0n) is 13.9. The molecule has 24 heavy (non-hydrogen) atoms. The van der Waals surface area contributed by atoms with E-state index in [0.29, 0.717) is 24.5 Å². The van der Waals surface area contributed by atoms with Gasteiger partial charge < -0.3 is 9.26 Å². The number of benzene rings is 1. The van der Waals surface area contributed by atoms with Gasteiger partial charge in [0.1, 0.15) is 11.6 Å². The van der Waals surface area contributed by atoms with Gasteiger partial charge in [-0.2, -0.15) is 5.10 Å². The molecule has 2 aromatic heterocycles. The van der Waals surface area contributed by atoms with E-state index in [1.165, 1.54) is 0 Å². The molecular formula is C17H19ClN4O2. The summed E-state index contributed by atoms with van der Waals surface area (Å²) in [7, 11) is 1.67. The number of rotatable bonds is 6. The van der Waals surface area contributed by atoms with E-state index in [4.69, 9.17) is 20.9 Å². The van der Waals surface area contributed by atoms with Crippen molar-refractivity contribution in [1.29, 1.82) is 0 Å². The fourth-order valence-electron chi connectivity index (χ4n) is 2.51. The van der Waals surface area contributed by atoms with Gasteiger partial charge in [0.2, 0.25) is 0 Å². The number of methoxy groups -OCH3 is 1. The summed E-state index contributed by atoms with van der Waals surface area (Å²) in [5, 5.41) is 9.32. The standard InChI is InChI=1S/C17H19ClN4O2/c1-11-15(12(2)24-21-11)10-17-19-16(8-9-23-3)20-22(17)14-6-4-13(18)5-7-14/h4-7H,8-10H2,1-3H3. The van der Waals surface area contributed by atoms with E-state index in [9.17, 15) is 0 Å². The van der Waals surface area contributed by atoms with Gasteiger partial charge in [0.15, 0.2) is 5.82 Å². The molecule has 126 valence electrons. The van der Waals surface area contributed by atoms with Crippen LogP contribution in [-0.2, 0) is 17.6 Å². The summed E-state index contributed by atoms with van der Waals surface area (Å²) < 4.78 is 12.2. The Bertz CT molecular complexity index is 804. The van der Waals surface area contributed by atoms with Crippen LogP contribution in [0, 0.1) is 13.8 Å². The first-order valence-electron chi connectivity index (χ1n) is 7.70. The smallest absolute Gasteiger partial charge is 0.153 e. The number of hydrogen-bond acceptors (Lipinski definition) is 5. The lowest BCUT2D eigenvalue weighted by Gasteiger charge is -2.06. The highest BCUT2D eigenvalue weighted by Crippen LogP contribution is 2.20. The molecule has 0 N–H and O–H groups in total. The average molecular weight is 347 g/mol. The highest BCUT2D eigenvalue weighted by Gasteiger charge is 2.17. The van der Waals surface area contributed by atoms with Crippen molar-refractivity contribution in [2.75, 3.05) is 13.7 Å². The van der Waals surface area contributed by atoms with Crippen molar-refractivity contribution in [2.24, 2.45) is 0 Å². The van der Waals surface area contributed by atoms with Crippen molar-refractivity contribution in [1.82, 2.24) is 19.9 Å². The summed E-state index contributed by atoms with van der Waals surface area (Å²) in [5.41, 5.74) is 2.82. The number of aromatic nitrogens is 4. The van der Waals surface area contributed by atoms with E-state index >= 15 is 0 Å². The Kier molecular flexibility index (Phi) is 4.97. The van der Waals surface area contributed by atoms with Gasteiger partial charge in [0.05, 0.1) is 18.0 Å². The molecule has 0 aliphatic heterocycles. The number of hydrogen-bond donors (Lipinski definition) is 0. The molecule has 1 aromatic carbocycles. The quantitative estimate of drug-likeness (QED) is 0.685. The minimum atomic E-state index is 0.579. The number of ether oxygens (including phenoxy) is 1. The van der Waals surface area contributed by atoms with Crippen molar-refractivity contribution in [3.63, 3.8) is 0 Å². The molecule has 0 radical (unpaired) electrons. The average Bonchev–Trinajstić information content (AvgIpc) is 3.12. The van der Waals surface area contributed by atoms with Crippen LogP contribution in [0.3, 0.4) is 0 Å². The highest BCUT2D eigenvalue weighted by atomic mass is 35.5. The second-order valence-corrected chi connectivity index (χ2v) is 5.99. The van der Waals surface area contributed by atoms with Gasteiger partial charge in [-0.15, -0.1) is 0 Å². The summed E-state index contributed by atoms with van der Waals surface area (Å²) in [6, 6.07) is 7.53. The maximum atomic E-state index is 5.99. The van der Waals surface area contributed by atoms with Gasteiger partial charge in [-0.25, -0.2) is 9.67 Å². The van der Waals surface area contributed by atoms with Crippen molar-refractivity contribution in [3.05, 3.63) is 58.0 Å². The Morgan fingerprint density at radius 2 is 1.96 bits per heavy atom. The van der Waals surface area contributed by atoms with Crippen LogP contribution in [0.25, 0.3) is 5.69 Å². The molecule has 0 fully saturated rings. The largest absolute Gasteiger partial charge is 0.384 e. The van der Waals surface area contributed by atoms with Crippen LogP contribution in [-0.4, -0.2) is 33.6 Å². The van der Waals surface area contributed by atoms with E-state index in [1.54, 1.807) is 7.11 Å². The molecule has 0 saturated carbocycles. The highest BCUT2D eigenvalue weighted by molar-refractivity contribution is 6.30. The monoisotopic (exact) mass is 346 g/mol. The zero-order chi connectivity index (χ0) is 17.1. The van der Waals surface area contributed by atoms with E-state index in [2.05, 4.69) is 15.2 Å². The predicted molar refractivity (Wildman–Crippen MR) is 90.7 cm³/mol. The fraction of sp³-hybridized carbons (Fsp3) is 0.353. The van der Waals surface area contributed by atoms with Crippen LogP contribution < -0.4 is 0 Å². The fourth-order valence-corrected chi connectivity index (χ4v) is 2.63. The molecule has 2 heterocycles. The van der Waals surface area contributed by atoms with Crippen LogP contribution in [0.2, 0.25) is 5.02 Å². The molecule has 0 bridgehead atoms. The van der Waals surface area contributed by atoms with Crippen molar-refractivity contribution in [3.8, 4) is 5.69 Å². The first-order valence-corrected chi connectivity index (χ1v) is 8.07. The number of aryl methyl sites for hydroxylation is 2. The molecule has 0 aliphatic rings. The van der Waals surface area contributed by atoms with Gasteiger partial charge in [-0.1, -0.05) is 16.8 Å². The lowest BCUT2D eigenvalue weighted by molar-refractivity contribution is 0.200. The number of halogens is 1. The molecule has 0 amide bonds. The van der Waals surface area contributed by atoms with Crippen LogP contribution in [0.4, 0.5) is 0 Å². The maximum Gasteiger partial charge on any atom is 0.153 e. The van der Waals surface area contributed by atoms with Crippen LogP contribution in [0.1, 0.15) is 28.7 Å². The van der Waals surface area contributed by atoms with Gasteiger partial charge in [-0.3, -0.25) is 0 Å². The topological polar surface area (TPSA) is 66.0 Å². The summed E-state index contributed by atoms with van der Waals surface area (Å²) in [6.07, 6.45) is 1.26. The molecule has 7 heteroatoms. The minimum absolute atomic E-state index is 0.579. The predicted octanol–water partition coefficient (Wildman–Crippen LogP) is 3.31. The second kappa shape index (κ2) is 7.15. The van der Waals surface area contributed by atoms with E-state index in [-0.39, 0.29) is 0 Å². The van der Waals surface area contributed by atoms with Crippen molar-refractivity contribution >= 4 is 11.6 Å². The van der Waals surface area contributed by atoms with Crippen LogP contribution in [0.5, 0.6) is 0 Å². The first kappa shape index (κ1) is 16.7. The molecule has 0 saturated heterocycles. The summed E-state index contributed by atoms with van der Waals surface area (Å²) in [6.45, 7) is 4.42. The Hall–Kier alpha value is -2.18. The number of nitrogens with zero attached hydrogens (tertiary/aromatic N) is 4. The molecule has 0 aliphatic carbocycles. The van der Waals surface area contributed by atoms with Gasteiger partial charge >= 0.3 is 0 Å². The lowest BCUT2D eigenvalue weighted by atomic mass is 10.1. The third-order valence-electron chi connectivity index (χ3n) is 3.84. The van der Waals surface area contributed by atoms with E-state index < -0.39 is 0 Å². The molecule has 0 atom stereocenters. The van der Waals surface area contributed by atoms with Crippen LogP contribution in [0.15, 0.2) is 28.8 Å². The molecular weight excluding hydrogens is 328 g/mol. The Morgan fingerprint density at radius 1 is 1.21 bits per heavy atom. The second-order valence-electron chi connectivity index (χ2n) is 5.55. The third kappa shape index (κ3) is 3.49. The molecule has 3 rings (SSSR count). The van der Waals surface area contributed by atoms with Gasteiger partial charge in [0, 0.05) is 30.5 Å².